The number of hydrogen-bond acceptors (Lipinski definition) is 6. The van der Waals surface area contributed by atoms with Crippen molar-refractivity contribution >= 4 is 57.3 Å². The van der Waals surface area contributed by atoms with Crippen molar-refractivity contribution in [1.29, 1.82) is 0 Å². The minimum Gasteiger partial charge on any atom is -0.457 e. The van der Waals surface area contributed by atoms with Crippen LogP contribution in [0.4, 0.5) is 0 Å². The molecule has 33 heavy (non-hydrogen) atoms. The molecule has 6 rings (SSSR count). The van der Waals surface area contributed by atoms with Gasteiger partial charge in [-0.1, -0.05) is 40.6 Å². The Morgan fingerprint density at radius 1 is 1.03 bits per heavy atom. The summed E-state index contributed by atoms with van der Waals surface area (Å²) in [7, 11) is 0. The van der Waals surface area contributed by atoms with Gasteiger partial charge in [-0.25, -0.2) is 4.98 Å². The van der Waals surface area contributed by atoms with E-state index < -0.39 is 0 Å². The summed E-state index contributed by atoms with van der Waals surface area (Å²) in [5.74, 6) is 1.99. The summed E-state index contributed by atoms with van der Waals surface area (Å²) in [5.41, 5.74) is 3.37. The van der Waals surface area contributed by atoms with Gasteiger partial charge in [0.2, 0.25) is 10.8 Å². The van der Waals surface area contributed by atoms with Crippen molar-refractivity contribution in [3.63, 3.8) is 0 Å². The molecule has 0 bridgehead atoms. The number of imidazole rings is 1. The van der Waals surface area contributed by atoms with Crippen molar-refractivity contribution in [3.05, 3.63) is 81.2 Å². The topological polar surface area (TPSA) is 73.5 Å². The first-order valence-corrected chi connectivity index (χ1v) is 11.5. The van der Waals surface area contributed by atoms with Gasteiger partial charge in [-0.2, -0.15) is 9.61 Å². The molecule has 0 aliphatic rings. The van der Waals surface area contributed by atoms with E-state index in [9.17, 15) is 0 Å². The molecule has 0 saturated heterocycles. The number of hydrogen-bond donors (Lipinski definition) is 0. The summed E-state index contributed by atoms with van der Waals surface area (Å²) < 4.78 is 9.67. The molecule has 0 aliphatic carbocycles. The maximum Gasteiger partial charge on any atom is 0.235 e. The predicted octanol–water partition coefficient (Wildman–Crippen LogP) is 6.55. The fourth-order valence-corrected chi connectivity index (χ4v) is 4.90. The van der Waals surface area contributed by atoms with E-state index in [1.54, 1.807) is 16.6 Å². The van der Waals surface area contributed by atoms with E-state index in [0.717, 1.165) is 27.6 Å². The van der Waals surface area contributed by atoms with Crippen molar-refractivity contribution in [2.75, 3.05) is 0 Å². The van der Waals surface area contributed by atoms with Crippen LogP contribution in [0.25, 0.3) is 45.6 Å². The van der Waals surface area contributed by atoms with E-state index in [1.807, 2.05) is 66.1 Å². The predicted molar refractivity (Wildman–Crippen MR) is 131 cm³/mol. The van der Waals surface area contributed by atoms with Crippen LogP contribution >= 0.6 is 34.5 Å². The molecule has 5 heterocycles. The Morgan fingerprint density at radius 3 is 2.82 bits per heavy atom. The molecule has 0 aliphatic heterocycles. The number of halogens is 2. The van der Waals surface area contributed by atoms with Crippen LogP contribution in [0.15, 0.2) is 59.1 Å². The van der Waals surface area contributed by atoms with Crippen molar-refractivity contribution in [2.45, 2.75) is 6.92 Å². The van der Waals surface area contributed by atoms with Gasteiger partial charge in [0, 0.05) is 16.8 Å². The lowest BCUT2D eigenvalue weighted by Crippen LogP contribution is -1.96. The summed E-state index contributed by atoms with van der Waals surface area (Å²) in [4.78, 5) is 5.31. The van der Waals surface area contributed by atoms with Gasteiger partial charge in [0.15, 0.2) is 0 Å². The van der Waals surface area contributed by atoms with Crippen LogP contribution < -0.4 is 0 Å². The highest BCUT2D eigenvalue weighted by molar-refractivity contribution is 7.17. The van der Waals surface area contributed by atoms with Gasteiger partial charge in [0.05, 0.1) is 10.7 Å². The van der Waals surface area contributed by atoms with E-state index in [2.05, 4.69) is 20.3 Å². The van der Waals surface area contributed by atoms with E-state index in [1.165, 1.54) is 11.3 Å². The first-order chi connectivity index (χ1) is 16.1. The second kappa shape index (κ2) is 7.84. The molecule has 162 valence electrons. The number of furan rings is 1. The lowest BCUT2D eigenvalue weighted by atomic mass is 10.2. The quantitative estimate of drug-likeness (QED) is 0.279. The Bertz CT molecular complexity index is 1680. The Hall–Kier alpha value is -3.46. The van der Waals surface area contributed by atoms with Crippen LogP contribution in [0.1, 0.15) is 16.5 Å². The van der Waals surface area contributed by atoms with Gasteiger partial charge in [0.1, 0.15) is 27.9 Å². The van der Waals surface area contributed by atoms with Crippen LogP contribution in [0.5, 0.6) is 0 Å². The fraction of sp³-hybridized carbons (Fsp3) is 0.0435. The maximum absolute atomic E-state index is 6.29. The van der Waals surface area contributed by atoms with Gasteiger partial charge in [-0.3, -0.25) is 4.40 Å². The van der Waals surface area contributed by atoms with Crippen molar-refractivity contribution in [1.82, 2.24) is 29.2 Å². The van der Waals surface area contributed by atoms with Gasteiger partial charge in [-0.05, 0) is 61.5 Å². The molecule has 0 atom stereocenters. The summed E-state index contributed by atoms with van der Waals surface area (Å²) in [6.07, 6.45) is 5.70. The molecule has 0 N–H and O–H groups in total. The molecule has 0 fully saturated rings. The molecule has 6 aromatic rings. The summed E-state index contributed by atoms with van der Waals surface area (Å²) in [6, 6.07) is 14.9. The standard InChI is InChI=1S/C23H14Cl2N6OS/c1-13-21(30-11-3-2-4-19(30)26-13)22-27-28-23-31(22)29-20(33-23)10-7-15-6-9-18(32-15)16-8-5-14(24)12-17(16)25/h2-12H,1H3/b10-7+. The highest BCUT2D eigenvalue weighted by atomic mass is 35.5. The third kappa shape index (κ3) is 3.52. The van der Waals surface area contributed by atoms with Gasteiger partial charge >= 0.3 is 0 Å². The molecular weight excluding hydrogens is 479 g/mol. The van der Waals surface area contributed by atoms with Crippen molar-refractivity contribution < 1.29 is 4.42 Å². The third-order valence-electron chi connectivity index (χ3n) is 5.14. The summed E-state index contributed by atoms with van der Waals surface area (Å²) >= 11 is 13.7. The monoisotopic (exact) mass is 492 g/mol. The zero-order valence-electron chi connectivity index (χ0n) is 17.1. The van der Waals surface area contributed by atoms with E-state index in [-0.39, 0.29) is 0 Å². The molecule has 1 aromatic carbocycles. The lowest BCUT2D eigenvalue weighted by molar-refractivity contribution is 0.572. The van der Waals surface area contributed by atoms with Crippen molar-refractivity contribution in [2.24, 2.45) is 0 Å². The number of nitrogens with zero attached hydrogens (tertiary/aromatic N) is 6. The Balaban J connectivity index is 1.32. The Kier molecular flexibility index (Phi) is 4.79. The normalized spacial score (nSPS) is 12.0. The largest absolute Gasteiger partial charge is 0.457 e. The van der Waals surface area contributed by atoms with Crippen LogP contribution in [0, 0.1) is 6.92 Å². The first kappa shape index (κ1) is 20.2. The Labute approximate surface area is 201 Å². The van der Waals surface area contributed by atoms with Crippen LogP contribution in [-0.2, 0) is 0 Å². The summed E-state index contributed by atoms with van der Waals surface area (Å²) in [6.45, 7) is 1.96. The molecule has 10 heteroatoms. The zero-order valence-corrected chi connectivity index (χ0v) is 19.4. The van der Waals surface area contributed by atoms with Gasteiger partial charge < -0.3 is 4.42 Å². The van der Waals surface area contributed by atoms with Gasteiger partial charge in [0.25, 0.3) is 0 Å². The summed E-state index contributed by atoms with van der Waals surface area (Å²) in [5, 5.41) is 15.2. The fourth-order valence-electron chi connectivity index (χ4n) is 3.66. The third-order valence-corrected chi connectivity index (χ3v) is 6.55. The SMILES string of the molecule is Cc1nc2ccccn2c1-c1nnc2sc(/C=C/c3ccc(-c4ccc(Cl)cc4Cl)o3)nn12. The molecule has 0 spiro atoms. The molecule has 0 amide bonds. The molecule has 7 nitrogen and oxygen atoms in total. The number of benzene rings is 1. The smallest absolute Gasteiger partial charge is 0.235 e. The second-order valence-corrected chi connectivity index (χ2v) is 9.12. The molecule has 0 unspecified atom stereocenters. The van der Waals surface area contributed by atoms with E-state index in [4.69, 9.17) is 27.6 Å². The number of pyridine rings is 1. The minimum absolute atomic E-state index is 0.538. The Morgan fingerprint density at radius 2 is 1.94 bits per heavy atom. The minimum atomic E-state index is 0.538. The van der Waals surface area contributed by atoms with Crippen LogP contribution in [0.2, 0.25) is 10.0 Å². The average Bonchev–Trinajstić information content (AvgIpc) is 3.55. The second-order valence-electron chi connectivity index (χ2n) is 7.29. The number of aromatic nitrogens is 6. The maximum atomic E-state index is 6.29. The highest BCUT2D eigenvalue weighted by Crippen LogP contribution is 2.32. The molecule has 0 saturated carbocycles. The van der Waals surface area contributed by atoms with Crippen LogP contribution in [-0.4, -0.2) is 29.2 Å². The lowest BCUT2D eigenvalue weighted by Gasteiger charge is -2.00. The molecule has 0 radical (unpaired) electrons. The van der Waals surface area contributed by atoms with E-state index >= 15 is 0 Å². The molecule has 5 aromatic heterocycles. The highest BCUT2D eigenvalue weighted by Gasteiger charge is 2.19. The zero-order chi connectivity index (χ0) is 22.5. The number of fused-ring (bicyclic) bond motifs is 2. The average molecular weight is 493 g/mol. The first-order valence-electron chi connectivity index (χ1n) is 9.96. The molecular formula is C23H14Cl2N6OS. The van der Waals surface area contributed by atoms with Crippen molar-refractivity contribution in [3.8, 4) is 22.8 Å². The van der Waals surface area contributed by atoms with E-state index in [0.29, 0.717) is 32.4 Å². The number of aryl methyl sites for hydroxylation is 1. The van der Waals surface area contributed by atoms with Crippen LogP contribution in [0.3, 0.4) is 0 Å². The number of rotatable bonds is 4. The van der Waals surface area contributed by atoms with Gasteiger partial charge in [-0.15, -0.1) is 10.2 Å².